The summed E-state index contributed by atoms with van der Waals surface area (Å²) in [4.78, 5) is 28.2. The molecule has 140 valence electrons. The molecule has 2 aromatic carbocycles. The van der Waals surface area contributed by atoms with Crippen LogP contribution in [-0.4, -0.2) is 23.4 Å². The predicted molar refractivity (Wildman–Crippen MR) is 109 cm³/mol. The number of fused-ring (bicyclic) bond motifs is 1. The van der Waals surface area contributed by atoms with E-state index < -0.39 is 0 Å². The second kappa shape index (κ2) is 8.37. The van der Waals surface area contributed by atoms with E-state index >= 15 is 0 Å². The molecule has 0 aliphatic rings. The Morgan fingerprint density at radius 2 is 2.00 bits per heavy atom. The van der Waals surface area contributed by atoms with Gasteiger partial charge in [0.05, 0.1) is 10.2 Å². The monoisotopic (exact) mass is 403 g/mol. The van der Waals surface area contributed by atoms with Gasteiger partial charge in [-0.25, -0.2) is 4.98 Å². The van der Waals surface area contributed by atoms with Crippen molar-refractivity contribution in [3.63, 3.8) is 0 Å². The van der Waals surface area contributed by atoms with Crippen molar-refractivity contribution in [2.45, 2.75) is 13.8 Å². The van der Waals surface area contributed by atoms with Crippen molar-refractivity contribution in [3.8, 4) is 5.75 Å². The second-order valence-corrected chi connectivity index (χ2v) is 7.61. The summed E-state index contributed by atoms with van der Waals surface area (Å²) in [5, 5.41) is 6.61. The summed E-state index contributed by atoms with van der Waals surface area (Å²) in [6.45, 7) is 3.46. The lowest BCUT2D eigenvalue weighted by Crippen LogP contribution is -2.20. The number of thiazole rings is 1. The maximum absolute atomic E-state index is 12.1. The lowest BCUT2D eigenvalue weighted by Gasteiger charge is -2.10. The van der Waals surface area contributed by atoms with Gasteiger partial charge >= 0.3 is 0 Å². The van der Waals surface area contributed by atoms with Crippen LogP contribution in [0.3, 0.4) is 0 Å². The summed E-state index contributed by atoms with van der Waals surface area (Å²) in [6, 6.07) is 12.3. The highest BCUT2D eigenvalue weighted by molar-refractivity contribution is 7.22. The zero-order valence-corrected chi connectivity index (χ0v) is 16.4. The lowest BCUT2D eigenvalue weighted by atomic mass is 10.2. The maximum atomic E-state index is 12.1. The van der Waals surface area contributed by atoms with Crippen LogP contribution in [0, 0.1) is 5.92 Å². The topological polar surface area (TPSA) is 80.3 Å². The zero-order chi connectivity index (χ0) is 19.4. The first kappa shape index (κ1) is 19.1. The van der Waals surface area contributed by atoms with Gasteiger partial charge in [-0.1, -0.05) is 42.9 Å². The fourth-order valence-electron chi connectivity index (χ4n) is 2.21. The average Bonchev–Trinajstić information content (AvgIpc) is 3.01. The molecule has 2 amide bonds. The number of halogens is 1. The number of nitrogens with one attached hydrogen (secondary N) is 2. The van der Waals surface area contributed by atoms with E-state index in [4.69, 9.17) is 16.3 Å². The minimum Gasteiger partial charge on any atom is -0.484 e. The number of nitrogens with zero attached hydrogens (tertiary/aromatic N) is 1. The van der Waals surface area contributed by atoms with Crippen molar-refractivity contribution in [1.82, 2.24) is 4.98 Å². The van der Waals surface area contributed by atoms with Gasteiger partial charge in [0.1, 0.15) is 5.75 Å². The van der Waals surface area contributed by atoms with Gasteiger partial charge in [-0.2, -0.15) is 0 Å². The Morgan fingerprint density at radius 3 is 2.78 bits per heavy atom. The molecule has 0 saturated heterocycles. The molecule has 3 rings (SSSR count). The molecule has 0 aliphatic heterocycles. The van der Waals surface area contributed by atoms with Crippen molar-refractivity contribution in [2.75, 3.05) is 17.2 Å². The Hall–Kier alpha value is -2.64. The minimum atomic E-state index is -0.322. The lowest BCUT2D eigenvalue weighted by molar-refractivity contribution is -0.119. The third-order valence-corrected chi connectivity index (χ3v) is 4.76. The highest BCUT2D eigenvalue weighted by Gasteiger charge is 2.10. The number of rotatable bonds is 6. The smallest absolute Gasteiger partial charge is 0.264 e. The summed E-state index contributed by atoms with van der Waals surface area (Å²) in [7, 11) is 0. The van der Waals surface area contributed by atoms with Gasteiger partial charge < -0.3 is 10.1 Å². The Labute approximate surface area is 165 Å². The molecule has 1 aromatic heterocycles. The largest absolute Gasteiger partial charge is 0.484 e. The van der Waals surface area contributed by atoms with Gasteiger partial charge in [0.2, 0.25) is 5.91 Å². The minimum absolute atomic E-state index is 0.0826. The molecule has 3 aromatic rings. The fraction of sp³-hybridized carbons (Fsp3) is 0.211. The molecule has 6 nitrogen and oxygen atoms in total. The summed E-state index contributed by atoms with van der Waals surface area (Å²) in [5.74, 6) is -0.0376. The van der Waals surface area contributed by atoms with Crippen molar-refractivity contribution >= 4 is 55.8 Å². The number of hydrogen-bond donors (Lipinski definition) is 2. The number of anilines is 2. The predicted octanol–water partition coefficient (Wildman–Crippen LogP) is 4.56. The Kier molecular flexibility index (Phi) is 5.93. The van der Waals surface area contributed by atoms with Crippen LogP contribution in [0.1, 0.15) is 13.8 Å². The van der Waals surface area contributed by atoms with Gasteiger partial charge in [-0.3, -0.25) is 14.9 Å². The third kappa shape index (κ3) is 5.18. The first-order valence-electron chi connectivity index (χ1n) is 8.30. The quantitative estimate of drug-likeness (QED) is 0.632. The number of amides is 2. The molecule has 27 heavy (non-hydrogen) atoms. The van der Waals surface area contributed by atoms with Crippen molar-refractivity contribution in [3.05, 3.63) is 47.5 Å². The number of ether oxygens (including phenoxy) is 1. The van der Waals surface area contributed by atoms with E-state index in [1.54, 1.807) is 42.5 Å². The van der Waals surface area contributed by atoms with Crippen LogP contribution in [0.4, 0.5) is 10.8 Å². The van der Waals surface area contributed by atoms with Crippen LogP contribution in [0.15, 0.2) is 42.5 Å². The van der Waals surface area contributed by atoms with Crippen LogP contribution in [0.2, 0.25) is 5.02 Å². The fourth-order valence-corrected chi connectivity index (χ4v) is 3.36. The normalized spacial score (nSPS) is 10.8. The Bertz CT molecular complexity index is 987. The number of hydrogen-bond acceptors (Lipinski definition) is 5. The van der Waals surface area contributed by atoms with Crippen molar-refractivity contribution in [2.24, 2.45) is 5.92 Å². The van der Waals surface area contributed by atoms with Gasteiger partial charge in [0.25, 0.3) is 5.91 Å². The van der Waals surface area contributed by atoms with Crippen LogP contribution >= 0.6 is 22.9 Å². The van der Waals surface area contributed by atoms with E-state index in [2.05, 4.69) is 15.6 Å². The number of benzene rings is 2. The average molecular weight is 404 g/mol. The molecule has 0 aliphatic carbocycles. The maximum Gasteiger partial charge on any atom is 0.264 e. The zero-order valence-electron chi connectivity index (χ0n) is 14.8. The van der Waals surface area contributed by atoms with Crippen LogP contribution in [0.25, 0.3) is 10.2 Å². The first-order valence-corrected chi connectivity index (χ1v) is 9.50. The standard InChI is InChI=1S/C19H18ClN3O3S/c1-11(2)18(25)21-13-4-3-5-14(9-13)26-10-17(24)23-19-22-15-7-6-12(20)8-16(15)27-19/h3-9,11H,10H2,1-2H3,(H,21,25)(H,22,23,24). The Balaban J connectivity index is 1.57. The molecule has 0 saturated carbocycles. The SMILES string of the molecule is CC(C)C(=O)Nc1cccc(OCC(=O)Nc2nc3ccc(Cl)cc3s2)c1. The molecular weight excluding hydrogens is 386 g/mol. The third-order valence-electron chi connectivity index (χ3n) is 3.59. The van der Waals surface area contributed by atoms with E-state index in [0.717, 1.165) is 10.2 Å². The highest BCUT2D eigenvalue weighted by Crippen LogP contribution is 2.28. The molecule has 1 heterocycles. The molecule has 0 spiro atoms. The van der Waals surface area contributed by atoms with Gasteiger partial charge in [-0.15, -0.1) is 0 Å². The van der Waals surface area contributed by atoms with Crippen molar-refractivity contribution < 1.29 is 14.3 Å². The molecule has 0 unspecified atom stereocenters. The van der Waals surface area contributed by atoms with E-state index in [1.807, 2.05) is 13.8 Å². The molecule has 0 atom stereocenters. The van der Waals surface area contributed by atoms with E-state index in [9.17, 15) is 9.59 Å². The van der Waals surface area contributed by atoms with E-state index in [-0.39, 0.29) is 24.3 Å². The van der Waals surface area contributed by atoms with Crippen molar-refractivity contribution in [1.29, 1.82) is 0 Å². The van der Waals surface area contributed by atoms with Crippen LogP contribution < -0.4 is 15.4 Å². The van der Waals surface area contributed by atoms with Crippen LogP contribution in [0.5, 0.6) is 5.75 Å². The molecule has 8 heteroatoms. The molecular formula is C19H18ClN3O3S. The summed E-state index contributed by atoms with van der Waals surface area (Å²) in [6.07, 6.45) is 0. The number of carbonyl (C=O) groups excluding carboxylic acids is 2. The van der Waals surface area contributed by atoms with E-state index in [0.29, 0.717) is 21.6 Å². The molecule has 0 bridgehead atoms. The summed E-state index contributed by atoms with van der Waals surface area (Å²) < 4.78 is 6.40. The number of aromatic nitrogens is 1. The van der Waals surface area contributed by atoms with Crippen LogP contribution in [-0.2, 0) is 9.59 Å². The molecule has 2 N–H and O–H groups in total. The second-order valence-electron chi connectivity index (χ2n) is 6.14. The number of carbonyl (C=O) groups is 2. The molecule has 0 fully saturated rings. The van der Waals surface area contributed by atoms with Gasteiger partial charge in [-0.05, 0) is 30.3 Å². The van der Waals surface area contributed by atoms with E-state index in [1.165, 1.54) is 11.3 Å². The Morgan fingerprint density at radius 1 is 1.19 bits per heavy atom. The highest BCUT2D eigenvalue weighted by atomic mass is 35.5. The summed E-state index contributed by atoms with van der Waals surface area (Å²) in [5.41, 5.74) is 1.39. The first-order chi connectivity index (χ1) is 12.9. The molecule has 0 radical (unpaired) electrons. The van der Waals surface area contributed by atoms with Gasteiger partial charge in [0, 0.05) is 22.7 Å². The van der Waals surface area contributed by atoms with Gasteiger partial charge in [0.15, 0.2) is 11.7 Å². The summed E-state index contributed by atoms with van der Waals surface area (Å²) >= 11 is 7.30.